The van der Waals surface area contributed by atoms with Gasteiger partial charge in [-0.15, -0.1) is 0 Å². The van der Waals surface area contributed by atoms with Gasteiger partial charge in [-0.3, -0.25) is 0 Å². The second kappa shape index (κ2) is 13.9. The molecule has 0 N–H and O–H groups in total. The van der Waals surface area contributed by atoms with Gasteiger partial charge < -0.3 is 0 Å². The Balaban J connectivity index is 0.947. The van der Waals surface area contributed by atoms with E-state index in [0.29, 0.717) is 0 Å². The smallest absolute Gasteiger partial charge is 0.0622 e. The molecule has 322 valence electrons. The van der Waals surface area contributed by atoms with Crippen molar-refractivity contribution in [1.82, 2.24) is 0 Å². The third kappa shape index (κ3) is 4.75. The zero-order valence-corrected chi connectivity index (χ0v) is 38.2. The van der Waals surface area contributed by atoms with Gasteiger partial charge in [0.25, 0.3) is 0 Å². The van der Waals surface area contributed by atoms with E-state index in [4.69, 9.17) is 0 Å². The van der Waals surface area contributed by atoms with Gasteiger partial charge in [0, 0.05) is 0 Å². The quantitative estimate of drug-likeness (QED) is 0.146. The van der Waals surface area contributed by atoms with Gasteiger partial charge in [0.1, 0.15) is 0 Å². The predicted octanol–water partition coefficient (Wildman–Crippen LogP) is 17.9. The summed E-state index contributed by atoms with van der Waals surface area (Å²) in [6.45, 7) is 0. The Bertz CT molecular complexity index is 4120. The van der Waals surface area contributed by atoms with Crippen LogP contribution in [0.3, 0.4) is 0 Å². The molecule has 16 rings (SSSR count). The van der Waals surface area contributed by atoms with Crippen LogP contribution in [0.15, 0.2) is 255 Å². The maximum absolute atomic E-state index is 2.54. The molecule has 0 heteroatoms. The predicted molar refractivity (Wildman–Crippen MR) is 295 cm³/mol. The van der Waals surface area contributed by atoms with Crippen molar-refractivity contribution in [2.24, 2.45) is 0 Å². The molecule has 0 saturated heterocycles. The Kier molecular flexibility index (Phi) is 7.57. The summed E-state index contributed by atoms with van der Waals surface area (Å²) in [5, 5.41) is 18.3. The van der Waals surface area contributed by atoms with Crippen molar-refractivity contribution in [3.63, 3.8) is 0 Å². The maximum Gasteiger partial charge on any atom is 0.0714 e. The lowest BCUT2D eigenvalue weighted by molar-refractivity contribution is 0.771. The fourth-order valence-electron chi connectivity index (χ4n) is 13.9. The molecule has 0 aliphatic heterocycles. The van der Waals surface area contributed by atoms with Crippen molar-refractivity contribution in [1.29, 1.82) is 0 Å². The van der Waals surface area contributed by atoms with E-state index in [2.05, 4.69) is 255 Å². The molecule has 0 fully saturated rings. The van der Waals surface area contributed by atoms with Crippen LogP contribution < -0.4 is 0 Å². The van der Waals surface area contributed by atoms with Crippen LogP contribution in [0.25, 0.3) is 97.7 Å². The summed E-state index contributed by atoms with van der Waals surface area (Å²) in [5.41, 5.74) is 14.6. The Morgan fingerprint density at radius 1 is 0.200 bits per heavy atom. The van der Waals surface area contributed by atoms with E-state index in [1.807, 2.05) is 0 Å². The summed E-state index contributed by atoms with van der Waals surface area (Å²) in [7, 11) is 0. The largest absolute Gasteiger partial charge is 0.0714 e. The van der Waals surface area contributed by atoms with Crippen molar-refractivity contribution in [3.05, 3.63) is 299 Å². The van der Waals surface area contributed by atoms with E-state index in [1.165, 1.54) is 142 Å². The fraction of sp³-hybridized carbons (Fsp3) is 0.0286. The summed E-state index contributed by atoms with van der Waals surface area (Å²) in [4.78, 5) is 0. The number of hydrogen-bond donors (Lipinski definition) is 0. The average molecular weight is 883 g/mol. The lowest BCUT2D eigenvalue weighted by Gasteiger charge is -2.34. The summed E-state index contributed by atoms with van der Waals surface area (Å²) in [6, 6.07) is 96.9. The molecule has 0 amide bonds. The normalized spacial score (nSPS) is 14.2. The second-order valence-electron chi connectivity index (χ2n) is 19.8. The van der Waals surface area contributed by atoms with Crippen LogP contribution in [0, 0.1) is 0 Å². The first-order valence-corrected chi connectivity index (χ1v) is 24.7. The first kappa shape index (κ1) is 38.2. The third-order valence-corrected chi connectivity index (χ3v) is 16.6. The van der Waals surface area contributed by atoms with Gasteiger partial charge in [0.15, 0.2) is 0 Å². The lowest BCUT2D eigenvalue weighted by Crippen LogP contribution is -2.28. The Labute approximate surface area is 405 Å². The van der Waals surface area contributed by atoms with Crippen LogP contribution in [-0.2, 0) is 10.8 Å². The summed E-state index contributed by atoms with van der Waals surface area (Å²) < 4.78 is 0. The molecule has 70 heavy (non-hydrogen) atoms. The molecule has 2 aliphatic carbocycles. The van der Waals surface area contributed by atoms with Gasteiger partial charge in [0.05, 0.1) is 10.8 Å². The van der Waals surface area contributed by atoms with Crippen LogP contribution in [0.2, 0.25) is 0 Å². The molecule has 0 spiro atoms. The zero-order chi connectivity index (χ0) is 45.7. The first-order valence-electron chi connectivity index (χ1n) is 24.7. The molecule has 0 atom stereocenters. The molecular weight excluding hydrogens is 841 g/mol. The van der Waals surface area contributed by atoms with Crippen molar-refractivity contribution >= 4 is 75.4 Å². The van der Waals surface area contributed by atoms with E-state index in [1.54, 1.807) is 0 Å². The monoisotopic (exact) mass is 882 g/mol. The van der Waals surface area contributed by atoms with Crippen LogP contribution in [0.4, 0.5) is 0 Å². The molecule has 0 aromatic heterocycles. The highest BCUT2D eigenvalue weighted by atomic mass is 14.5. The van der Waals surface area contributed by atoms with Gasteiger partial charge in [-0.25, -0.2) is 0 Å². The SMILES string of the molecule is c1ccc(C2(c3ccccc3)c3cccc4ccc5cc(-c6ccc7ccc8c(-c9cc%10c%11c(ccc%12cccc(c%12%11)C%10(c%10ccccc%10)c%10ccccc%10)c9)ccc9ccc6c7c98)cc2c5c34)cc1. The molecule has 0 heterocycles. The lowest BCUT2D eigenvalue weighted by atomic mass is 9.67. The van der Waals surface area contributed by atoms with Gasteiger partial charge in [-0.1, -0.05) is 231 Å². The third-order valence-electron chi connectivity index (χ3n) is 16.6. The van der Waals surface area contributed by atoms with Gasteiger partial charge in [-0.05, 0) is 166 Å². The minimum absolute atomic E-state index is 0.482. The van der Waals surface area contributed by atoms with E-state index >= 15 is 0 Å². The molecule has 14 aromatic carbocycles. The standard InChI is InChI=1S/C70H42/c1-5-17-51(18-6-1)69(52-19-7-2-8-20-52)59-25-13-15-43-27-29-47-39-49(41-61(69)67(47)65(43)59)55-35-31-45-34-38-58-56(36-32-46-33-37-57(55)63(45)64(46)58)50-40-48-30-28-44-16-14-26-60-66(44)68(48)62(42-50)70(60,53-21-9-3-10-22-53)54-23-11-4-12-24-54/h1-42H. The molecule has 0 nitrogen and oxygen atoms in total. The van der Waals surface area contributed by atoms with E-state index in [9.17, 15) is 0 Å². The molecule has 14 aromatic rings. The van der Waals surface area contributed by atoms with Crippen LogP contribution in [0.5, 0.6) is 0 Å². The minimum atomic E-state index is -0.482. The molecule has 0 bridgehead atoms. The van der Waals surface area contributed by atoms with Gasteiger partial charge >= 0.3 is 0 Å². The van der Waals surface area contributed by atoms with Crippen LogP contribution >= 0.6 is 0 Å². The van der Waals surface area contributed by atoms with Crippen LogP contribution in [0.1, 0.15) is 44.5 Å². The molecule has 0 radical (unpaired) electrons. The summed E-state index contributed by atoms with van der Waals surface area (Å²) in [5.74, 6) is 0. The van der Waals surface area contributed by atoms with Crippen molar-refractivity contribution < 1.29 is 0 Å². The first-order chi connectivity index (χ1) is 34.7. The zero-order valence-electron chi connectivity index (χ0n) is 38.2. The average Bonchev–Trinajstić information content (AvgIpc) is 3.91. The summed E-state index contributed by atoms with van der Waals surface area (Å²) >= 11 is 0. The van der Waals surface area contributed by atoms with Gasteiger partial charge in [-0.2, -0.15) is 0 Å². The molecular formula is C70H42. The maximum atomic E-state index is 2.54. The number of benzene rings is 14. The number of hydrogen-bond acceptors (Lipinski definition) is 0. The Morgan fingerprint density at radius 3 is 0.900 bits per heavy atom. The highest BCUT2D eigenvalue weighted by Crippen LogP contribution is 2.59. The molecule has 0 saturated carbocycles. The van der Waals surface area contributed by atoms with Gasteiger partial charge in [0.2, 0.25) is 0 Å². The fourth-order valence-corrected chi connectivity index (χ4v) is 13.9. The van der Waals surface area contributed by atoms with E-state index < -0.39 is 10.8 Å². The topological polar surface area (TPSA) is 0 Å². The highest BCUT2D eigenvalue weighted by molar-refractivity contribution is 6.28. The molecule has 2 aliphatic rings. The minimum Gasteiger partial charge on any atom is -0.0622 e. The second-order valence-corrected chi connectivity index (χ2v) is 19.8. The molecule has 0 unspecified atom stereocenters. The summed E-state index contributed by atoms with van der Waals surface area (Å²) in [6.07, 6.45) is 0. The Morgan fingerprint density at radius 2 is 0.514 bits per heavy atom. The van der Waals surface area contributed by atoms with E-state index in [0.717, 1.165) is 0 Å². The van der Waals surface area contributed by atoms with E-state index in [-0.39, 0.29) is 0 Å². The van der Waals surface area contributed by atoms with Crippen molar-refractivity contribution in [2.75, 3.05) is 0 Å². The Hall–Kier alpha value is -8.84. The number of rotatable bonds is 6. The van der Waals surface area contributed by atoms with Crippen molar-refractivity contribution in [2.45, 2.75) is 10.8 Å². The van der Waals surface area contributed by atoms with Crippen LogP contribution in [-0.4, -0.2) is 0 Å². The highest BCUT2D eigenvalue weighted by Gasteiger charge is 2.47. The van der Waals surface area contributed by atoms with Crippen molar-refractivity contribution in [3.8, 4) is 22.3 Å².